The highest BCUT2D eigenvalue weighted by molar-refractivity contribution is 9.10. The highest BCUT2D eigenvalue weighted by Crippen LogP contribution is 2.19. The van der Waals surface area contributed by atoms with Gasteiger partial charge in [0, 0.05) is 55.1 Å². The first kappa shape index (κ1) is 15.9. The number of rotatable bonds is 3. The fraction of sp³-hybridized carbons (Fsp3) is 0.375. The summed E-state index contributed by atoms with van der Waals surface area (Å²) in [6.07, 6.45) is 6.61. The molecule has 1 aliphatic rings. The molecule has 0 saturated carbocycles. The maximum absolute atomic E-state index is 12.5. The van der Waals surface area contributed by atoms with Crippen LogP contribution in [0.2, 0.25) is 0 Å². The summed E-state index contributed by atoms with van der Waals surface area (Å²) in [7, 11) is 0. The van der Waals surface area contributed by atoms with E-state index in [0.29, 0.717) is 30.4 Å². The van der Waals surface area contributed by atoms with Crippen molar-refractivity contribution in [3.63, 3.8) is 0 Å². The lowest BCUT2D eigenvalue weighted by molar-refractivity contribution is 0.0587. The number of halogens is 1. The third-order valence-corrected chi connectivity index (χ3v) is 4.15. The molecule has 0 atom stereocenters. The Morgan fingerprint density at radius 1 is 1.35 bits per heavy atom. The lowest BCUT2D eigenvalue weighted by atomic mass is 10.1. The molecule has 0 aromatic carbocycles. The molecule has 2 aromatic heterocycles. The largest absolute Gasteiger partial charge is 0.474 e. The van der Waals surface area contributed by atoms with Crippen LogP contribution in [-0.4, -0.2) is 45.0 Å². The number of ether oxygens (including phenoxy) is 1. The zero-order valence-corrected chi connectivity index (χ0v) is 14.4. The van der Waals surface area contributed by atoms with Crippen molar-refractivity contribution < 1.29 is 9.53 Å². The molecule has 1 saturated heterocycles. The summed E-state index contributed by atoms with van der Waals surface area (Å²) >= 11 is 3.34. The number of carbonyl (C=O) groups is 1. The summed E-state index contributed by atoms with van der Waals surface area (Å²) in [5.74, 6) is 1.30. The first-order valence-corrected chi connectivity index (χ1v) is 8.27. The van der Waals surface area contributed by atoms with Gasteiger partial charge in [-0.3, -0.25) is 9.78 Å². The monoisotopic (exact) mass is 376 g/mol. The van der Waals surface area contributed by atoms with Crippen LogP contribution in [0.25, 0.3) is 0 Å². The number of piperidine rings is 1. The Labute approximate surface area is 143 Å². The Morgan fingerprint density at radius 3 is 2.83 bits per heavy atom. The first-order valence-electron chi connectivity index (χ1n) is 7.48. The van der Waals surface area contributed by atoms with Gasteiger partial charge in [-0.2, -0.15) is 4.98 Å². The van der Waals surface area contributed by atoms with Gasteiger partial charge in [0.25, 0.3) is 5.91 Å². The minimum Gasteiger partial charge on any atom is -0.474 e. The Hall–Kier alpha value is -2.02. The van der Waals surface area contributed by atoms with Gasteiger partial charge in [-0.15, -0.1) is 0 Å². The molecule has 23 heavy (non-hydrogen) atoms. The van der Waals surface area contributed by atoms with Gasteiger partial charge in [-0.05, 0) is 28.9 Å². The average molecular weight is 377 g/mol. The Bertz CT molecular complexity index is 702. The van der Waals surface area contributed by atoms with E-state index in [2.05, 4.69) is 30.9 Å². The molecule has 3 heterocycles. The van der Waals surface area contributed by atoms with E-state index in [-0.39, 0.29) is 12.0 Å². The molecule has 7 heteroatoms. The van der Waals surface area contributed by atoms with E-state index in [1.165, 1.54) is 0 Å². The molecule has 6 nitrogen and oxygen atoms in total. The quantitative estimate of drug-likeness (QED) is 0.823. The van der Waals surface area contributed by atoms with Gasteiger partial charge in [0.15, 0.2) is 0 Å². The van der Waals surface area contributed by atoms with E-state index in [1.54, 1.807) is 30.7 Å². The van der Waals surface area contributed by atoms with Crippen molar-refractivity contribution in [2.75, 3.05) is 13.1 Å². The van der Waals surface area contributed by atoms with Crippen molar-refractivity contribution in [2.45, 2.75) is 25.9 Å². The first-order chi connectivity index (χ1) is 11.1. The van der Waals surface area contributed by atoms with Crippen molar-refractivity contribution >= 4 is 21.8 Å². The normalized spacial score (nSPS) is 15.5. The van der Waals surface area contributed by atoms with Crippen molar-refractivity contribution in [2.24, 2.45) is 0 Å². The van der Waals surface area contributed by atoms with Crippen LogP contribution in [-0.2, 0) is 0 Å². The zero-order chi connectivity index (χ0) is 16.2. The third-order valence-electron chi connectivity index (χ3n) is 3.72. The summed E-state index contributed by atoms with van der Waals surface area (Å²) < 4.78 is 6.69. The van der Waals surface area contributed by atoms with Crippen LogP contribution in [0.1, 0.15) is 29.0 Å². The maximum Gasteiger partial charge on any atom is 0.255 e. The van der Waals surface area contributed by atoms with Crippen LogP contribution in [0.3, 0.4) is 0 Å². The molecular formula is C16H17BrN4O2. The number of hydrogen-bond donors (Lipinski definition) is 0. The second kappa shape index (κ2) is 7.04. The second-order valence-electron chi connectivity index (χ2n) is 5.44. The molecule has 1 amide bonds. The van der Waals surface area contributed by atoms with Gasteiger partial charge < -0.3 is 9.64 Å². The Kier molecular flexibility index (Phi) is 4.85. The highest BCUT2D eigenvalue weighted by Gasteiger charge is 2.25. The number of nitrogens with zero attached hydrogens (tertiary/aromatic N) is 4. The number of amides is 1. The van der Waals surface area contributed by atoms with Crippen molar-refractivity contribution in [3.8, 4) is 5.88 Å². The summed E-state index contributed by atoms with van der Waals surface area (Å²) in [5, 5.41) is 0. The van der Waals surface area contributed by atoms with E-state index in [1.807, 2.05) is 11.8 Å². The molecule has 1 aliphatic heterocycles. The van der Waals surface area contributed by atoms with Gasteiger partial charge in [0.1, 0.15) is 11.9 Å². The van der Waals surface area contributed by atoms with Gasteiger partial charge in [-0.25, -0.2) is 4.98 Å². The SMILES string of the molecule is Cc1nccc(OC2CCN(C(=O)c3cncc(Br)c3)CC2)n1. The van der Waals surface area contributed by atoms with Crippen molar-refractivity contribution in [1.82, 2.24) is 19.9 Å². The summed E-state index contributed by atoms with van der Waals surface area (Å²) in [6, 6.07) is 3.55. The maximum atomic E-state index is 12.5. The topological polar surface area (TPSA) is 68.2 Å². The summed E-state index contributed by atoms with van der Waals surface area (Å²) in [6.45, 7) is 3.17. The standard InChI is InChI=1S/C16H17BrN4O2/c1-11-19-5-2-15(20-11)23-14-3-6-21(7-4-14)16(22)12-8-13(17)10-18-9-12/h2,5,8-10,14H,3-4,6-7H2,1H3. The molecule has 1 fully saturated rings. The minimum atomic E-state index is 0.00938. The van der Waals surface area contributed by atoms with Crippen LogP contribution >= 0.6 is 15.9 Å². The van der Waals surface area contributed by atoms with Gasteiger partial charge in [0.05, 0.1) is 5.56 Å². The minimum absolute atomic E-state index is 0.00938. The predicted molar refractivity (Wildman–Crippen MR) is 88.3 cm³/mol. The smallest absolute Gasteiger partial charge is 0.255 e. The number of hydrogen-bond acceptors (Lipinski definition) is 5. The third kappa shape index (κ3) is 4.04. The van der Waals surface area contributed by atoms with Crippen LogP contribution in [0, 0.1) is 6.92 Å². The Morgan fingerprint density at radius 2 is 2.13 bits per heavy atom. The highest BCUT2D eigenvalue weighted by atomic mass is 79.9. The molecular weight excluding hydrogens is 360 g/mol. The zero-order valence-electron chi connectivity index (χ0n) is 12.8. The molecule has 2 aromatic rings. The van der Waals surface area contributed by atoms with Crippen LogP contribution < -0.4 is 4.74 Å². The number of likely N-dealkylation sites (tertiary alicyclic amines) is 1. The summed E-state index contributed by atoms with van der Waals surface area (Å²) in [5.41, 5.74) is 0.602. The van der Waals surface area contributed by atoms with E-state index in [9.17, 15) is 4.79 Å². The lowest BCUT2D eigenvalue weighted by Gasteiger charge is -2.32. The number of aryl methyl sites for hydroxylation is 1. The van der Waals surface area contributed by atoms with Crippen LogP contribution in [0.5, 0.6) is 5.88 Å². The van der Waals surface area contributed by atoms with Crippen molar-refractivity contribution in [3.05, 3.63) is 46.6 Å². The predicted octanol–water partition coefficient (Wildman–Crippen LogP) is 2.63. The molecule has 120 valence electrons. The molecule has 0 unspecified atom stereocenters. The average Bonchev–Trinajstić information content (AvgIpc) is 2.55. The molecule has 0 radical (unpaired) electrons. The van der Waals surface area contributed by atoms with Gasteiger partial charge in [-0.1, -0.05) is 0 Å². The summed E-state index contributed by atoms with van der Waals surface area (Å²) in [4.78, 5) is 26.7. The fourth-order valence-electron chi connectivity index (χ4n) is 2.56. The van der Waals surface area contributed by atoms with Crippen LogP contribution in [0.15, 0.2) is 35.2 Å². The molecule has 0 N–H and O–H groups in total. The van der Waals surface area contributed by atoms with E-state index < -0.39 is 0 Å². The van der Waals surface area contributed by atoms with E-state index in [0.717, 1.165) is 17.3 Å². The molecule has 3 rings (SSSR count). The van der Waals surface area contributed by atoms with Gasteiger partial charge >= 0.3 is 0 Å². The number of aromatic nitrogens is 3. The van der Waals surface area contributed by atoms with Crippen molar-refractivity contribution in [1.29, 1.82) is 0 Å². The second-order valence-corrected chi connectivity index (χ2v) is 6.36. The van der Waals surface area contributed by atoms with E-state index in [4.69, 9.17) is 4.74 Å². The Balaban J connectivity index is 1.57. The molecule has 0 spiro atoms. The fourth-order valence-corrected chi connectivity index (χ4v) is 2.92. The lowest BCUT2D eigenvalue weighted by Crippen LogP contribution is -2.41. The van der Waals surface area contributed by atoms with E-state index >= 15 is 0 Å². The van der Waals surface area contributed by atoms with Gasteiger partial charge in [0.2, 0.25) is 5.88 Å². The number of carbonyl (C=O) groups excluding carboxylic acids is 1. The molecule has 0 aliphatic carbocycles. The number of pyridine rings is 1. The molecule has 0 bridgehead atoms. The van der Waals surface area contributed by atoms with Crippen LogP contribution in [0.4, 0.5) is 0 Å².